The van der Waals surface area contributed by atoms with E-state index >= 15 is 0 Å². The van der Waals surface area contributed by atoms with Gasteiger partial charge in [0.05, 0.1) is 48.4 Å². The van der Waals surface area contributed by atoms with E-state index in [0.717, 1.165) is 11.3 Å². The Balaban J connectivity index is 0.000000200. The smallest absolute Gasteiger partial charge is 0.0969 e. The number of hydrogen-bond acceptors (Lipinski definition) is 0. The third kappa shape index (κ3) is 8.20. The molecule has 0 spiro atoms. The van der Waals surface area contributed by atoms with Crippen molar-refractivity contribution < 1.29 is 20.4 Å². The van der Waals surface area contributed by atoms with Crippen LogP contribution < -0.4 is 21.2 Å². The second kappa shape index (κ2) is 16.5. The van der Waals surface area contributed by atoms with Crippen molar-refractivity contribution in [2.24, 2.45) is 0 Å². The van der Waals surface area contributed by atoms with Gasteiger partial charge in [-0.15, -0.1) is 0 Å². The average Bonchev–Trinajstić information content (AvgIpc) is 3.68. The van der Waals surface area contributed by atoms with E-state index in [1.54, 1.807) is 21.2 Å². The molecule has 4 aromatic rings. The van der Waals surface area contributed by atoms with Gasteiger partial charge in [0.2, 0.25) is 0 Å². The molecule has 0 radical (unpaired) electrons. The van der Waals surface area contributed by atoms with E-state index in [1.165, 1.54) is 51.4 Å². The van der Waals surface area contributed by atoms with Crippen molar-refractivity contribution in [2.45, 2.75) is 62.7 Å². The van der Waals surface area contributed by atoms with E-state index in [-0.39, 0.29) is 27.8 Å². The third-order valence-corrected chi connectivity index (χ3v) is 14.5. The molecular weight excluding hydrogens is 589 g/mol. The summed E-state index contributed by atoms with van der Waals surface area (Å²) in [5.41, 5.74) is 1.86. The molecule has 0 bridgehead atoms. The fourth-order valence-corrected chi connectivity index (χ4v) is 12.9. The minimum absolute atomic E-state index is 0. The van der Waals surface area contributed by atoms with Crippen molar-refractivity contribution in [3.63, 3.8) is 0 Å². The molecule has 0 N–H and O–H groups in total. The van der Waals surface area contributed by atoms with E-state index in [0.29, 0.717) is 0 Å². The summed E-state index contributed by atoms with van der Waals surface area (Å²) in [4.78, 5) is 0. The molecular formula is C35H43P2Pd+. The normalized spacial score (nSPS) is 15.4. The maximum absolute atomic E-state index is 2.33. The van der Waals surface area contributed by atoms with Crippen LogP contribution in [0.25, 0.3) is 0 Å². The summed E-state index contributed by atoms with van der Waals surface area (Å²) in [6.07, 6.45) is 11.4. The second-order valence-electron chi connectivity index (χ2n) is 10.3. The van der Waals surface area contributed by atoms with Gasteiger partial charge < -0.3 is 7.43 Å². The van der Waals surface area contributed by atoms with Gasteiger partial charge in [-0.25, -0.2) is 0 Å². The van der Waals surface area contributed by atoms with Gasteiger partial charge in [0.25, 0.3) is 0 Å². The monoisotopic (exact) mass is 631 g/mol. The minimum Gasteiger partial charge on any atom is -0.358 e. The maximum atomic E-state index is 2.33. The molecule has 0 heterocycles. The molecule has 3 heteroatoms. The summed E-state index contributed by atoms with van der Waals surface area (Å²) in [7, 11) is -1.15. The molecule has 2 saturated carbocycles. The summed E-state index contributed by atoms with van der Waals surface area (Å²) in [5, 5.41) is 6.34. The molecule has 202 valence electrons. The van der Waals surface area contributed by atoms with Gasteiger partial charge in [-0.2, -0.15) is 0 Å². The Hall–Kier alpha value is -1.60. The van der Waals surface area contributed by atoms with E-state index < -0.39 is 15.8 Å². The molecule has 0 aromatic heterocycles. The Bertz CT molecular complexity index is 966. The zero-order chi connectivity index (χ0) is 24.4. The molecule has 2 aliphatic rings. The van der Waals surface area contributed by atoms with Gasteiger partial charge in [-0.05, 0) is 99.9 Å². The first-order valence-corrected chi connectivity index (χ1v) is 17.0. The van der Waals surface area contributed by atoms with Gasteiger partial charge in [0.15, 0.2) is 0 Å². The van der Waals surface area contributed by atoms with Gasteiger partial charge >= 0.3 is 0 Å². The van der Waals surface area contributed by atoms with Crippen molar-refractivity contribution in [1.82, 2.24) is 0 Å². The Morgan fingerprint density at radius 2 is 0.579 bits per heavy atom. The molecule has 2 aliphatic carbocycles. The molecule has 0 unspecified atom stereocenters. The average molecular weight is 632 g/mol. The van der Waals surface area contributed by atoms with E-state index in [4.69, 9.17) is 0 Å². The predicted molar refractivity (Wildman–Crippen MR) is 172 cm³/mol. The first kappa shape index (κ1) is 30.9. The summed E-state index contributed by atoms with van der Waals surface area (Å²) in [5.74, 6) is 0. The summed E-state index contributed by atoms with van der Waals surface area (Å²) >= 11 is 0. The van der Waals surface area contributed by atoms with Crippen LogP contribution in [0.15, 0.2) is 121 Å². The zero-order valence-electron chi connectivity index (χ0n) is 22.7. The fraction of sp³-hybridized carbons (Fsp3) is 0.286. The molecule has 0 aliphatic heterocycles. The SMILES string of the molecule is [CH3-].[Pd].c1ccc([PH+](c2ccccc2)C2CCCC2)cc1.c1ccc([PH+](c2ccccc2)C2CCCC2)cc1. The third-order valence-electron chi connectivity index (χ3n) is 7.87. The Morgan fingerprint density at radius 3 is 0.789 bits per heavy atom. The number of rotatable bonds is 6. The molecule has 0 amide bonds. The molecule has 0 saturated heterocycles. The van der Waals surface area contributed by atoms with Crippen molar-refractivity contribution >= 4 is 37.1 Å². The van der Waals surface area contributed by atoms with Crippen LogP contribution in [0.1, 0.15) is 51.4 Å². The van der Waals surface area contributed by atoms with Gasteiger partial charge in [0, 0.05) is 20.4 Å². The van der Waals surface area contributed by atoms with Gasteiger partial charge in [-0.3, -0.25) is 0 Å². The maximum Gasteiger partial charge on any atom is 0.0969 e. The number of benzene rings is 4. The standard InChI is InChI=1S/2C17H19P.CH3.Pd/c2*1-3-9-15(10-4-1)18(17-13-7-8-14-17)16-11-5-2-6-12-16;;/h2*1-6,9-12,17H,7-8,13-14H2;1H3;/q;;-1;/p+2. The predicted octanol–water partition coefficient (Wildman–Crippen LogP) is 8.04. The fourth-order valence-electron chi connectivity index (χ4n) is 6.18. The summed E-state index contributed by atoms with van der Waals surface area (Å²) in [6, 6.07) is 44.7. The van der Waals surface area contributed by atoms with Crippen LogP contribution in [-0.2, 0) is 20.4 Å². The van der Waals surface area contributed by atoms with Crippen LogP contribution in [-0.4, -0.2) is 11.3 Å². The Labute approximate surface area is 247 Å². The van der Waals surface area contributed by atoms with Crippen LogP contribution in [0.3, 0.4) is 0 Å². The van der Waals surface area contributed by atoms with E-state index in [1.807, 2.05) is 0 Å². The Morgan fingerprint density at radius 1 is 0.368 bits per heavy atom. The van der Waals surface area contributed by atoms with Crippen LogP contribution in [0.4, 0.5) is 0 Å². The van der Waals surface area contributed by atoms with Crippen LogP contribution in [0, 0.1) is 7.43 Å². The molecule has 38 heavy (non-hydrogen) atoms. The molecule has 2 fully saturated rings. The first-order valence-electron chi connectivity index (χ1n) is 13.9. The van der Waals surface area contributed by atoms with Crippen molar-refractivity contribution in [2.75, 3.05) is 0 Å². The number of hydrogen-bond donors (Lipinski definition) is 0. The van der Waals surface area contributed by atoms with Crippen molar-refractivity contribution in [3.8, 4) is 0 Å². The largest absolute Gasteiger partial charge is 0.358 e. The second-order valence-corrected chi connectivity index (χ2v) is 15.9. The summed E-state index contributed by atoms with van der Waals surface area (Å²) in [6.45, 7) is 0. The van der Waals surface area contributed by atoms with Gasteiger partial charge in [-0.1, -0.05) is 72.8 Å². The van der Waals surface area contributed by atoms with Crippen molar-refractivity contribution in [3.05, 3.63) is 129 Å². The molecule has 0 atom stereocenters. The molecule has 6 rings (SSSR count). The topological polar surface area (TPSA) is 0 Å². The van der Waals surface area contributed by atoms with Gasteiger partial charge in [0.1, 0.15) is 0 Å². The minimum atomic E-state index is -0.577. The van der Waals surface area contributed by atoms with Crippen molar-refractivity contribution in [1.29, 1.82) is 0 Å². The van der Waals surface area contributed by atoms with E-state index in [2.05, 4.69) is 121 Å². The Kier molecular flexibility index (Phi) is 13.4. The molecule has 0 nitrogen and oxygen atoms in total. The van der Waals surface area contributed by atoms with E-state index in [9.17, 15) is 0 Å². The quantitative estimate of drug-likeness (QED) is 0.115. The van der Waals surface area contributed by atoms with Crippen LogP contribution in [0.2, 0.25) is 0 Å². The van der Waals surface area contributed by atoms with Crippen LogP contribution in [0.5, 0.6) is 0 Å². The summed E-state index contributed by atoms with van der Waals surface area (Å²) < 4.78 is 0. The molecule has 4 aromatic carbocycles. The zero-order valence-corrected chi connectivity index (χ0v) is 26.2. The van der Waals surface area contributed by atoms with Crippen LogP contribution >= 0.6 is 15.8 Å². The first-order chi connectivity index (χ1) is 17.9.